The number of carbonyl (C=O) groups excluding carboxylic acids is 2. The Hall–Kier alpha value is -4.91. The van der Waals surface area contributed by atoms with E-state index in [0.717, 1.165) is 33.6 Å². The number of carboxylic acid groups (broad SMARTS) is 1. The molecule has 0 aliphatic rings. The predicted octanol–water partition coefficient (Wildman–Crippen LogP) is 5.05. The van der Waals surface area contributed by atoms with Gasteiger partial charge < -0.3 is 20.9 Å². The first-order chi connectivity index (χ1) is 18.4. The molecule has 0 fully saturated rings. The number of carboxylic acids is 1. The second kappa shape index (κ2) is 12.4. The van der Waals surface area contributed by atoms with Gasteiger partial charge in [0.2, 0.25) is 5.91 Å². The van der Waals surface area contributed by atoms with Crippen molar-refractivity contribution in [3.8, 4) is 28.0 Å². The fourth-order valence-corrected chi connectivity index (χ4v) is 3.98. The third-order valence-corrected chi connectivity index (χ3v) is 6.06. The molecule has 0 unspecified atom stereocenters. The lowest BCUT2D eigenvalue weighted by molar-refractivity contribution is -0.139. The Labute approximate surface area is 220 Å². The molecule has 0 aliphatic carbocycles. The van der Waals surface area contributed by atoms with Crippen LogP contribution in [-0.2, 0) is 16.2 Å². The summed E-state index contributed by atoms with van der Waals surface area (Å²) < 4.78 is 5.99. The van der Waals surface area contributed by atoms with Gasteiger partial charge in [0.05, 0.1) is 0 Å². The number of amides is 2. The van der Waals surface area contributed by atoms with Crippen molar-refractivity contribution < 1.29 is 24.2 Å². The van der Waals surface area contributed by atoms with Gasteiger partial charge in [0.15, 0.2) is 0 Å². The Balaban J connectivity index is 1.35. The van der Waals surface area contributed by atoms with Crippen LogP contribution in [0.3, 0.4) is 0 Å². The first kappa shape index (κ1) is 26.2. The van der Waals surface area contributed by atoms with Crippen molar-refractivity contribution in [3.05, 3.63) is 114 Å². The van der Waals surface area contributed by atoms with E-state index >= 15 is 0 Å². The molecule has 0 bridgehead atoms. The molecule has 0 aromatic heterocycles. The second-order valence-corrected chi connectivity index (χ2v) is 8.83. The maximum absolute atomic E-state index is 12.5. The molecule has 7 nitrogen and oxygen atoms in total. The largest absolute Gasteiger partial charge is 0.489 e. The quantitative estimate of drug-likeness (QED) is 0.262. The van der Waals surface area contributed by atoms with Gasteiger partial charge in [-0.15, -0.1) is 0 Å². The lowest BCUT2D eigenvalue weighted by Crippen LogP contribution is -2.41. The summed E-state index contributed by atoms with van der Waals surface area (Å²) in [7, 11) is 0. The zero-order chi connectivity index (χ0) is 26.9. The monoisotopic (exact) mass is 508 g/mol. The molecule has 0 saturated heterocycles. The number of hydrogen-bond acceptors (Lipinski definition) is 4. The molecule has 0 radical (unpaired) electrons. The molecule has 4 aromatic carbocycles. The SMILES string of the molecule is NC(=O)CC[C@H](NC(=O)c1ccc(-c2ccc(OCc3cccc(-c4ccccc4)c3)cc2)cc1)C(=O)O. The first-order valence-corrected chi connectivity index (χ1v) is 12.2. The molecule has 4 N–H and O–H groups in total. The van der Waals surface area contributed by atoms with Crippen LogP contribution in [0.15, 0.2) is 103 Å². The Kier molecular flexibility index (Phi) is 8.51. The summed E-state index contributed by atoms with van der Waals surface area (Å²) in [5.41, 5.74) is 10.6. The molecule has 2 amide bonds. The zero-order valence-electron chi connectivity index (χ0n) is 20.7. The number of hydrogen-bond donors (Lipinski definition) is 3. The highest BCUT2D eigenvalue weighted by molar-refractivity contribution is 5.97. The third kappa shape index (κ3) is 7.07. The number of benzene rings is 4. The highest BCUT2D eigenvalue weighted by atomic mass is 16.5. The van der Waals surface area contributed by atoms with Crippen LogP contribution in [0, 0.1) is 0 Å². The topological polar surface area (TPSA) is 119 Å². The van der Waals surface area contributed by atoms with Crippen molar-refractivity contribution in [1.29, 1.82) is 0 Å². The highest BCUT2D eigenvalue weighted by Crippen LogP contribution is 2.25. The molecule has 0 spiro atoms. The normalized spacial score (nSPS) is 11.4. The summed E-state index contributed by atoms with van der Waals surface area (Å²) >= 11 is 0. The predicted molar refractivity (Wildman–Crippen MR) is 145 cm³/mol. The molecule has 0 aliphatic heterocycles. The van der Waals surface area contributed by atoms with Crippen molar-refractivity contribution in [2.45, 2.75) is 25.5 Å². The van der Waals surface area contributed by atoms with E-state index in [9.17, 15) is 19.5 Å². The van der Waals surface area contributed by atoms with Gasteiger partial charge in [-0.1, -0.05) is 72.8 Å². The average Bonchev–Trinajstić information content (AvgIpc) is 2.95. The lowest BCUT2D eigenvalue weighted by Gasteiger charge is -2.14. The maximum Gasteiger partial charge on any atom is 0.326 e. The van der Waals surface area contributed by atoms with Crippen molar-refractivity contribution in [3.63, 3.8) is 0 Å². The summed E-state index contributed by atoms with van der Waals surface area (Å²) in [5, 5.41) is 11.7. The number of nitrogens with one attached hydrogen (secondary N) is 1. The van der Waals surface area contributed by atoms with Crippen LogP contribution in [-0.4, -0.2) is 28.9 Å². The van der Waals surface area contributed by atoms with E-state index in [2.05, 4.69) is 29.6 Å². The van der Waals surface area contributed by atoms with Crippen LogP contribution in [0.25, 0.3) is 22.3 Å². The summed E-state index contributed by atoms with van der Waals surface area (Å²) in [6.45, 7) is 0.445. The van der Waals surface area contributed by atoms with E-state index in [1.165, 1.54) is 0 Å². The molecule has 4 rings (SSSR count). The van der Waals surface area contributed by atoms with Gasteiger partial charge in [0, 0.05) is 12.0 Å². The van der Waals surface area contributed by atoms with E-state index in [-0.39, 0.29) is 12.8 Å². The zero-order valence-corrected chi connectivity index (χ0v) is 20.7. The third-order valence-electron chi connectivity index (χ3n) is 6.06. The number of rotatable bonds is 11. The van der Waals surface area contributed by atoms with E-state index in [0.29, 0.717) is 12.2 Å². The molecule has 4 aromatic rings. The number of carbonyl (C=O) groups is 3. The van der Waals surface area contributed by atoms with Gasteiger partial charge in [0.25, 0.3) is 5.91 Å². The Morgan fingerprint density at radius 2 is 1.37 bits per heavy atom. The molecule has 192 valence electrons. The average molecular weight is 509 g/mol. The van der Waals surface area contributed by atoms with Gasteiger partial charge in [-0.05, 0) is 64.6 Å². The van der Waals surface area contributed by atoms with Crippen molar-refractivity contribution in [1.82, 2.24) is 5.32 Å². The van der Waals surface area contributed by atoms with Crippen LogP contribution in [0.1, 0.15) is 28.8 Å². The van der Waals surface area contributed by atoms with Gasteiger partial charge in [-0.3, -0.25) is 9.59 Å². The van der Waals surface area contributed by atoms with Crippen LogP contribution in [0.2, 0.25) is 0 Å². The summed E-state index contributed by atoms with van der Waals surface area (Å²) in [6, 6.07) is 31.8. The fraction of sp³-hybridized carbons (Fsp3) is 0.129. The van der Waals surface area contributed by atoms with Crippen molar-refractivity contribution >= 4 is 17.8 Å². The van der Waals surface area contributed by atoms with Crippen LogP contribution < -0.4 is 15.8 Å². The Bertz CT molecular complexity index is 1400. The second-order valence-electron chi connectivity index (χ2n) is 8.83. The molecular weight excluding hydrogens is 480 g/mol. The Morgan fingerprint density at radius 3 is 2.00 bits per heavy atom. The van der Waals surface area contributed by atoms with E-state index < -0.39 is 23.8 Å². The minimum absolute atomic E-state index is 0.0681. The minimum Gasteiger partial charge on any atom is -0.489 e. The number of nitrogens with two attached hydrogens (primary N) is 1. The highest BCUT2D eigenvalue weighted by Gasteiger charge is 2.21. The van der Waals surface area contributed by atoms with E-state index in [4.69, 9.17) is 10.5 Å². The maximum atomic E-state index is 12.5. The molecule has 7 heteroatoms. The fourth-order valence-electron chi connectivity index (χ4n) is 3.98. The standard InChI is InChI=1S/C31H28N2O5/c32-29(34)18-17-28(31(36)37)33-30(35)25-11-9-23(10-12-25)24-13-15-27(16-14-24)38-20-21-5-4-8-26(19-21)22-6-2-1-3-7-22/h1-16,19,28H,17-18,20H2,(H2,32,34)(H,33,35)(H,36,37)/t28-/m0/s1. The number of primary amides is 1. The van der Waals surface area contributed by atoms with Crippen LogP contribution >= 0.6 is 0 Å². The summed E-state index contributed by atoms with van der Waals surface area (Å²) in [6.07, 6.45) is -0.197. The molecule has 0 saturated carbocycles. The van der Waals surface area contributed by atoms with E-state index in [1.54, 1.807) is 24.3 Å². The molecule has 38 heavy (non-hydrogen) atoms. The van der Waals surface area contributed by atoms with Gasteiger partial charge in [-0.2, -0.15) is 0 Å². The molecule has 1 atom stereocenters. The Morgan fingerprint density at radius 1 is 0.763 bits per heavy atom. The van der Waals surface area contributed by atoms with E-state index in [1.807, 2.05) is 54.6 Å². The smallest absolute Gasteiger partial charge is 0.326 e. The minimum atomic E-state index is -1.22. The number of ether oxygens (including phenoxy) is 1. The van der Waals surface area contributed by atoms with Gasteiger partial charge >= 0.3 is 5.97 Å². The molecule has 0 heterocycles. The summed E-state index contributed by atoms with van der Waals surface area (Å²) in [5.74, 6) is -1.63. The van der Waals surface area contributed by atoms with Crippen molar-refractivity contribution in [2.75, 3.05) is 0 Å². The molecular formula is C31H28N2O5. The van der Waals surface area contributed by atoms with Crippen molar-refractivity contribution in [2.24, 2.45) is 5.73 Å². The number of aliphatic carboxylic acids is 1. The van der Waals surface area contributed by atoms with Gasteiger partial charge in [-0.25, -0.2) is 4.79 Å². The first-order valence-electron chi connectivity index (χ1n) is 12.2. The van der Waals surface area contributed by atoms with Crippen LogP contribution in [0.5, 0.6) is 5.75 Å². The lowest BCUT2D eigenvalue weighted by atomic mass is 10.0. The summed E-state index contributed by atoms with van der Waals surface area (Å²) in [4.78, 5) is 34.8. The van der Waals surface area contributed by atoms with Crippen LogP contribution in [0.4, 0.5) is 0 Å². The van der Waals surface area contributed by atoms with Gasteiger partial charge in [0.1, 0.15) is 18.4 Å².